The predicted molar refractivity (Wildman–Crippen MR) is 61.6 cm³/mol. The lowest BCUT2D eigenvalue weighted by Crippen LogP contribution is -2.38. The van der Waals surface area contributed by atoms with Crippen LogP contribution in [0.5, 0.6) is 0 Å². The summed E-state index contributed by atoms with van der Waals surface area (Å²) in [6.45, 7) is 2.55. The van der Waals surface area contributed by atoms with Crippen LogP contribution in [0, 0.1) is 0 Å². The van der Waals surface area contributed by atoms with Crippen molar-refractivity contribution in [2.75, 3.05) is 6.61 Å². The first-order valence-corrected chi connectivity index (χ1v) is 6.26. The lowest BCUT2D eigenvalue weighted by Gasteiger charge is -2.30. The standard InChI is InChI=1S/C12H22O5/c1-9(5-2-3-7-11(14)15)17-12-10(13)6-4-8-16-12/h9-10,12-13H,2-8H2,1H3,(H,14,15)/t9-,10?,12+/m1/s1. The molecule has 0 radical (unpaired) electrons. The highest BCUT2D eigenvalue weighted by Gasteiger charge is 2.26. The number of carbonyl (C=O) groups is 1. The van der Waals surface area contributed by atoms with E-state index in [9.17, 15) is 9.90 Å². The van der Waals surface area contributed by atoms with Crippen molar-refractivity contribution in [2.24, 2.45) is 0 Å². The van der Waals surface area contributed by atoms with Gasteiger partial charge >= 0.3 is 5.97 Å². The smallest absolute Gasteiger partial charge is 0.303 e. The van der Waals surface area contributed by atoms with Gasteiger partial charge in [0.25, 0.3) is 0 Å². The molecule has 1 rings (SSSR count). The largest absolute Gasteiger partial charge is 0.481 e. The van der Waals surface area contributed by atoms with E-state index in [0.717, 1.165) is 25.7 Å². The van der Waals surface area contributed by atoms with Gasteiger partial charge in [-0.2, -0.15) is 0 Å². The summed E-state index contributed by atoms with van der Waals surface area (Å²) >= 11 is 0. The lowest BCUT2D eigenvalue weighted by molar-refractivity contribution is -0.232. The highest BCUT2D eigenvalue weighted by molar-refractivity contribution is 5.66. The molecule has 1 unspecified atom stereocenters. The summed E-state index contributed by atoms with van der Waals surface area (Å²) in [6.07, 6.45) is 3.00. The number of aliphatic carboxylic acids is 1. The minimum atomic E-state index is -0.760. The van der Waals surface area contributed by atoms with E-state index in [1.54, 1.807) is 0 Å². The average Bonchev–Trinajstić information content (AvgIpc) is 2.27. The first-order chi connectivity index (χ1) is 8.09. The van der Waals surface area contributed by atoms with Crippen LogP contribution in [0.15, 0.2) is 0 Å². The van der Waals surface area contributed by atoms with Crippen LogP contribution in [-0.4, -0.2) is 41.3 Å². The zero-order valence-electron chi connectivity index (χ0n) is 10.3. The molecule has 0 aromatic rings. The summed E-state index contributed by atoms with van der Waals surface area (Å²) in [7, 11) is 0. The van der Waals surface area contributed by atoms with Crippen LogP contribution in [0.3, 0.4) is 0 Å². The van der Waals surface area contributed by atoms with Gasteiger partial charge in [0, 0.05) is 13.0 Å². The van der Waals surface area contributed by atoms with E-state index in [1.165, 1.54) is 0 Å². The number of carboxylic acids is 1. The van der Waals surface area contributed by atoms with Crippen molar-refractivity contribution < 1.29 is 24.5 Å². The molecule has 100 valence electrons. The van der Waals surface area contributed by atoms with Gasteiger partial charge < -0.3 is 19.7 Å². The van der Waals surface area contributed by atoms with Crippen molar-refractivity contribution in [3.8, 4) is 0 Å². The Hall–Kier alpha value is -0.650. The second-order valence-corrected chi connectivity index (χ2v) is 4.53. The Morgan fingerprint density at radius 1 is 1.53 bits per heavy atom. The maximum atomic E-state index is 10.3. The predicted octanol–water partition coefficient (Wildman–Crippen LogP) is 1.53. The minimum absolute atomic E-state index is 0.0125. The van der Waals surface area contributed by atoms with Crippen LogP contribution in [0.2, 0.25) is 0 Å². The summed E-state index contributed by atoms with van der Waals surface area (Å²) < 4.78 is 10.9. The van der Waals surface area contributed by atoms with Crippen molar-refractivity contribution in [2.45, 2.75) is 63.9 Å². The molecule has 0 spiro atoms. The molecule has 0 aromatic carbocycles. The molecule has 17 heavy (non-hydrogen) atoms. The molecular weight excluding hydrogens is 224 g/mol. The zero-order valence-corrected chi connectivity index (χ0v) is 10.3. The zero-order chi connectivity index (χ0) is 12.7. The Labute approximate surface area is 102 Å². The Morgan fingerprint density at radius 3 is 2.94 bits per heavy atom. The van der Waals surface area contributed by atoms with Crippen LogP contribution >= 0.6 is 0 Å². The quantitative estimate of drug-likeness (QED) is 0.666. The molecular formula is C12H22O5. The van der Waals surface area contributed by atoms with Gasteiger partial charge in [0.2, 0.25) is 0 Å². The molecule has 1 aliphatic heterocycles. The second-order valence-electron chi connectivity index (χ2n) is 4.53. The molecule has 0 saturated carbocycles. The highest BCUT2D eigenvalue weighted by atomic mass is 16.7. The summed E-state index contributed by atoms with van der Waals surface area (Å²) in [5.74, 6) is -0.760. The fraction of sp³-hybridized carbons (Fsp3) is 0.917. The number of rotatable bonds is 7. The molecule has 0 aliphatic carbocycles. The van der Waals surface area contributed by atoms with E-state index in [0.29, 0.717) is 13.0 Å². The maximum Gasteiger partial charge on any atom is 0.303 e. The molecule has 1 fully saturated rings. The van der Waals surface area contributed by atoms with Gasteiger partial charge in [-0.15, -0.1) is 0 Å². The number of unbranched alkanes of at least 4 members (excludes halogenated alkanes) is 1. The van der Waals surface area contributed by atoms with Crippen LogP contribution in [-0.2, 0) is 14.3 Å². The molecule has 2 N–H and O–H groups in total. The van der Waals surface area contributed by atoms with E-state index < -0.39 is 18.4 Å². The third-order valence-electron chi connectivity index (χ3n) is 2.86. The third-order valence-corrected chi connectivity index (χ3v) is 2.86. The fourth-order valence-corrected chi connectivity index (χ4v) is 1.87. The summed E-state index contributed by atoms with van der Waals surface area (Å²) in [5.41, 5.74) is 0. The summed E-state index contributed by atoms with van der Waals surface area (Å²) in [6, 6.07) is 0. The Balaban J connectivity index is 2.11. The lowest BCUT2D eigenvalue weighted by atomic mass is 10.1. The van der Waals surface area contributed by atoms with E-state index in [2.05, 4.69) is 0 Å². The van der Waals surface area contributed by atoms with Gasteiger partial charge in [-0.1, -0.05) is 6.42 Å². The van der Waals surface area contributed by atoms with Gasteiger partial charge in [-0.3, -0.25) is 4.79 Å². The topological polar surface area (TPSA) is 76.0 Å². The number of hydrogen-bond acceptors (Lipinski definition) is 4. The summed E-state index contributed by atoms with van der Waals surface area (Å²) in [5, 5.41) is 18.1. The van der Waals surface area contributed by atoms with Crippen molar-refractivity contribution >= 4 is 5.97 Å². The molecule has 5 nitrogen and oxygen atoms in total. The molecule has 5 heteroatoms. The first kappa shape index (κ1) is 14.4. The van der Waals surface area contributed by atoms with Gasteiger partial charge in [0.15, 0.2) is 6.29 Å². The highest BCUT2D eigenvalue weighted by Crippen LogP contribution is 2.18. The molecule has 0 bridgehead atoms. The monoisotopic (exact) mass is 246 g/mol. The van der Waals surface area contributed by atoms with Crippen LogP contribution in [0.1, 0.15) is 45.4 Å². The Bertz CT molecular complexity index is 231. The fourth-order valence-electron chi connectivity index (χ4n) is 1.87. The van der Waals surface area contributed by atoms with Gasteiger partial charge in [-0.25, -0.2) is 0 Å². The average molecular weight is 246 g/mol. The second kappa shape index (κ2) is 7.63. The van der Waals surface area contributed by atoms with Crippen LogP contribution in [0.25, 0.3) is 0 Å². The van der Waals surface area contributed by atoms with E-state index >= 15 is 0 Å². The molecule has 0 aromatic heterocycles. The van der Waals surface area contributed by atoms with Crippen molar-refractivity contribution in [1.29, 1.82) is 0 Å². The Kier molecular flexibility index (Phi) is 6.47. The minimum Gasteiger partial charge on any atom is -0.481 e. The molecule has 1 saturated heterocycles. The Morgan fingerprint density at radius 2 is 2.29 bits per heavy atom. The number of ether oxygens (including phenoxy) is 2. The van der Waals surface area contributed by atoms with Gasteiger partial charge in [0.1, 0.15) is 6.10 Å². The number of hydrogen-bond donors (Lipinski definition) is 2. The van der Waals surface area contributed by atoms with Crippen molar-refractivity contribution in [1.82, 2.24) is 0 Å². The van der Waals surface area contributed by atoms with Gasteiger partial charge in [-0.05, 0) is 32.6 Å². The molecule has 3 atom stereocenters. The van der Waals surface area contributed by atoms with E-state index in [4.69, 9.17) is 14.6 Å². The molecule has 0 amide bonds. The molecule has 1 heterocycles. The number of carboxylic acid groups (broad SMARTS) is 1. The maximum absolute atomic E-state index is 10.3. The number of aliphatic hydroxyl groups excluding tert-OH is 1. The SMILES string of the molecule is C[C@H](CCCCC(=O)O)O[C@@H]1OCCCC1O. The third kappa shape index (κ3) is 6.00. The van der Waals surface area contributed by atoms with Crippen LogP contribution in [0.4, 0.5) is 0 Å². The molecule has 1 aliphatic rings. The van der Waals surface area contributed by atoms with Crippen LogP contribution < -0.4 is 0 Å². The number of aliphatic hydroxyl groups is 1. The normalized spacial score (nSPS) is 26.7. The van der Waals surface area contributed by atoms with Crippen molar-refractivity contribution in [3.63, 3.8) is 0 Å². The van der Waals surface area contributed by atoms with Crippen molar-refractivity contribution in [3.05, 3.63) is 0 Å². The van der Waals surface area contributed by atoms with E-state index in [-0.39, 0.29) is 12.5 Å². The first-order valence-electron chi connectivity index (χ1n) is 6.26. The van der Waals surface area contributed by atoms with E-state index in [1.807, 2.05) is 6.92 Å². The summed E-state index contributed by atoms with van der Waals surface area (Å²) in [4.78, 5) is 10.3. The van der Waals surface area contributed by atoms with Gasteiger partial charge in [0.05, 0.1) is 6.10 Å².